The first kappa shape index (κ1) is 19.2. The highest BCUT2D eigenvalue weighted by atomic mass is 16.5. The highest BCUT2D eigenvalue weighted by Crippen LogP contribution is 2.21. The van der Waals surface area contributed by atoms with Crippen LogP contribution >= 0.6 is 0 Å². The number of aryl methyl sites for hydroxylation is 2. The maximum Gasteiger partial charge on any atom is 0.271 e. The highest BCUT2D eigenvalue weighted by molar-refractivity contribution is 5.95. The molecule has 3 aromatic rings. The fraction of sp³-hybridized carbons (Fsp3) is 0.190. The number of carbonyl (C=O) groups excluding carboxylic acids is 1. The Kier molecular flexibility index (Phi) is 5.74. The molecule has 28 heavy (non-hydrogen) atoms. The number of aromatic nitrogens is 2. The van der Waals surface area contributed by atoms with Gasteiger partial charge in [0.1, 0.15) is 11.5 Å². The van der Waals surface area contributed by atoms with E-state index in [1.165, 1.54) is 19.4 Å². The molecular weight excluding hydrogens is 356 g/mol. The van der Waals surface area contributed by atoms with E-state index in [4.69, 9.17) is 4.74 Å². The van der Waals surface area contributed by atoms with Crippen LogP contribution in [0.2, 0.25) is 0 Å². The van der Waals surface area contributed by atoms with Gasteiger partial charge in [0.15, 0.2) is 0 Å². The molecule has 0 aliphatic carbocycles. The first-order valence-electron chi connectivity index (χ1n) is 8.76. The molecule has 0 unspecified atom stereocenters. The third kappa shape index (κ3) is 4.56. The van der Waals surface area contributed by atoms with Crippen molar-refractivity contribution in [1.82, 2.24) is 15.2 Å². The quantitative estimate of drug-likeness (QED) is 0.510. The molecule has 1 amide bonds. The van der Waals surface area contributed by atoms with Crippen LogP contribution in [0.5, 0.6) is 11.5 Å². The minimum atomic E-state index is -0.337. The van der Waals surface area contributed by atoms with Crippen molar-refractivity contribution in [3.05, 3.63) is 76.6 Å². The number of amides is 1. The summed E-state index contributed by atoms with van der Waals surface area (Å²) in [5, 5.41) is 18.2. The van der Waals surface area contributed by atoms with Gasteiger partial charge in [-0.05, 0) is 55.8 Å². The molecule has 2 aromatic carbocycles. The lowest BCUT2D eigenvalue weighted by molar-refractivity contribution is 0.0955. The van der Waals surface area contributed by atoms with Gasteiger partial charge in [-0.3, -0.25) is 9.48 Å². The lowest BCUT2D eigenvalue weighted by Gasteiger charge is -2.06. The molecular formula is C21H22N4O3. The fourth-order valence-electron chi connectivity index (χ4n) is 2.76. The molecule has 0 spiro atoms. The molecule has 1 aromatic heterocycles. The van der Waals surface area contributed by atoms with Gasteiger partial charge in [0.25, 0.3) is 5.91 Å². The van der Waals surface area contributed by atoms with Gasteiger partial charge in [0.05, 0.1) is 25.6 Å². The van der Waals surface area contributed by atoms with Crippen molar-refractivity contribution in [2.24, 2.45) is 5.10 Å². The van der Waals surface area contributed by atoms with E-state index in [1.807, 2.05) is 36.7 Å². The SMILES string of the molecule is COc1ccc(O)c(/C=N\NC(=O)c2ccc(Cn3nc(C)cc3C)cc2)c1. The van der Waals surface area contributed by atoms with E-state index in [0.717, 1.165) is 17.0 Å². The van der Waals surface area contributed by atoms with Crippen LogP contribution in [0.3, 0.4) is 0 Å². The van der Waals surface area contributed by atoms with Crippen LogP contribution in [0.25, 0.3) is 0 Å². The number of ether oxygens (including phenoxy) is 1. The third-order valence-corrected chi connectivity index (χ3v) is 4.26. The first-order valence-corrected chi connectivity index (χ1v) is 8.76. The van der Waals surface area contributed by atoms with Crippen LogP contribution in [0, 0.1) is 13.8 Å². The van der Waals surface area contributed by atoms with E-state index < -0.39 is 0 Å². The van der Waals surface area contributed by atoms with Gasteiger partial charge in [0.2, 0.25) is 0 Å². The molecule has 1 heterocycles. The summed E-state index contributed by atoms with van der Waals surface area (Å²) in [5.74, 6) is 0.299. The van der Waals surface area contributed by atoms with Crippen molar-refractivity contribution >= 4 is 12.1 Å². The first-order chi connectivity index (χ1) is 13.5. The molecule has 3 rings (SSSR count). The predicted octanol–water partition coefficient (Wildman–Crippen LogP) is 3.03. The summed E-state index contributed by atoms with van der Waals surface area (Å²) >= 11 is 0. The second-order valence-electron chi connectivity index (χ2n) is 6.41. The van der Waals surface area contributed by atoms with Gasteiger partial charge in [-0.15, -0.1) is 0 Å². The number of nitrogens with one attached hydrogen (secondary N) is 1. The molecule has 0 saturated carbocycles. The summed E-state index contributed by atoms with van der Waals surface area (Å²) < 4.78 is 7.03. The van der Waals surface area contributed by atoms with E-state index in [1.54, 1.807) is 24.3 Å². The number of carbonyl (C=O) groups is 1. The smallest absolute Gasteiger partial charge is 0.271 e. The molecule has 0 fully saturated rings. The molecule has 0 bridgehead atoms. The number of rotatable bonds is 6. The summed E-state index contributed by atoms with van der Waals surface area (Å²) in [6.07, 6.45) is 1.37. The lowest BCUT2D eigenvalue weighted by Crippen LogP contribution is -2.17. The normalized spacial score (nSPS) is 11.0. The predicted molar refractivity (Wildman–Crippen MR) is 107 cm³/mol. The van der Waals surface area contributed by atoms with E-state index in [2.05, 4.69) is 15.6 Å². The van der Waals surface area contributed by atoms with Gasteiger partial charge in [-0.2, -0.15) is 10.2 Å². The monoisotopic (exact) mass is 378 g/mol. The van der Waals surface area contributed by atoms with Gasteiger partial charge in [0, 0.05) is 16.8 Å². The van der Waals surface area contributed by atoms with Crippen molar-refractivity contribution in [3.8, 4) is 11.5 Å². The summed E-state index contributed by atoms with van der Waals surface area (Å²) in [4.78, 5) is 12.2. The molecule has 0 radical (unpaired) electrons. The van der Waals surface area contributed by atoms with Crippen molar-refractivity contribution in [2.75, 3.05) is 7.11 Å². The second kappa shape index (κ2) is 8.39. The maximum atomic E-state index is 12.2. The molecule has 0 aliphatic rings. The fourth-order valence-corrected chi connectivity index (χ4v) is 2.76. The Balaban J connectivity index is 1.62. The Bertz CT molecular complexity index is 1010. The summed E-state index contributed by atoms with van der Waals surface area (Å²) in [5.41, 5.74) is 6.51. The molecule has 2 N–H and O–H groups in total. The zero-order valence-electron chi connectivity index (χ0n) is 16.0. The number of hydrogen-bond donors (Lipinski definition) is 2. The molecule has 0 saturated heterocycles. The van der Waals surface area contributed by atoms with Crippen LogP contribution in [0.4, 0.5) is 0 Å². The highest BCUT2D eigenvalue weighted by Gasteiger charge is 2.06. The Morgan fingerprint density at radius 3 is 2.61 bits per heavy atom. The largest absolute Gasteiger partial charge is 0.507 e. The van der Waals surface area contributed by atoms with E-state index in [-0.39, 0.29) is 11.7 Å². The minimum Gasteiger partial charge on any atom is -0.507 e. The van der Waals surface area contributed by atoms with Gasteiger partial charge in [-0.25, -0.2) is 5.43 Å². The van der Waals surface area contributed by atoms with Crippen LogP contribution < -0.4 is 10.2 Å². The van der Waals surface area contributed by atoms with E-state index in [0.29, 0.717) is 23.4 Å². The Labute approximate surface area is 163 Å². The summed E-state index contributed by atoms with van der Waals surface area (Å²) in [7, 11) is 1.54. The number of phenols is 1. The zero-order valence-corrected chi connectivity index (χ0v) is 16.0. The Morgan fingerprint density at radius 2 is 1.96 bits per heavy atom. The summed E-state index contributed by atoms with van der Waals surface area (Å²) in [6.45, 7) is 4.62. The topological polar surface area (TPSA) is 88.7 Å². The number of methoxy groups -OCH3 is 1. The Hall–Kier alpha value is -3.61. The molecule has 7 heteroatoms. The average Bonchev–Trinajstić information content (AvgIpc) is 3.00. The number of nitrogens with zero attached hydrogens (tertiary/aromatic N) is 3. The van der Waals surface area contributed by atoms with Gasteiger partial charge < -0.3 is 9.84 Å². The number of aromatic hydroxyl groups is 1. The van der Waals surface area contributed by atoms with Crippen molar-refractivity contribution in [3.63, 3.8) is 0 Å². The number of benzene rings is 2. The Morgan fingerprint density at radius 1 is 1.21 bits per heavy atom. The van der Waals surface area contributed by atoms with Crippen LogP contribution in [0.15, 0.2) is 53.6 Å². The zero-order chi connectivity index (χ0) is 20.1. The molecule has 0 atom stereocenters. The van der Waals surface area contributed by atoms with Gasteiger partial charge >= 0.3 is 0 Å². The van der Waals surface area contributed by atoms with Crippen molar-refractivity contribution in [2.45, 2.75) is 20.4 Å². The van der Waals surface area contributed by atoms with Crippen molar-refractivity contribution in [1.29, 1.82) is 0 Å². The van der Waals surface area contributed by atoms with Crippen molar-refractivity contribution < 1.29 is 14.6 Å². The molecule has 144 valence electrons. The van der Waals surface area contributed by atoms with E-state index in [9.17, 15) is 9.90 Å². The third-order valence-electron chi connectivity index (χ3n) is 4.26. The van der Waals surface area contributed by atoms with Crippen LogP contribution in [0.1, 0.15) is 32.9 Å². The molecule has 0 aliphatic heterocycles. The summed E-state index contributed by atoms with van der Waals surface area (Å²) in [6, 6.07) is 14.1. The lowest BCUT2D eigenvalue weighted by atomic mass is 10.1. The van der Waals surface area contributed by atoms with Crippen LogP contribution in [-0.4, -0.2) is 34.1 Å². The number of phenolic OH excluding ortho intramolecular Hbond substituents is 1. The maximum absolute atomic E-state index is 12.2. The van der Waals surface area contributed by atoms with Gasteiger partial charge in [-0.1, -0.05) is 12.1 Å². The second-order valence-corrected chi connectivity index (χ2v) is 6.41. The number of hydrazone groups is 1. The average molecular weight is 378 g/mol. The van der Waals surface area contributed by atoms with Crippen LogP contribution in [-0.2, 0) is 6.54 Å². The molecule has 7 nitrogen and oxygen atoms in total. The van der Waals surface area contributed by atoms with E-state index >= 15 is 0 Å². The number of hydrogen-bond acceptors (Lipinski definition) is 5. The standard InChI is InChI=1S/C21H22N4O3/c1-14-10-15(2)25(24-14)13-16-4-6-17(7-5-16)21(27)23-22-12-18-11-19(28-3)8-9-20(18)26/h4-12,26H,13H2,1-3H3,(H,23,27)/b22-12-. The minimum absolute atomic E-state index is 0.0484.